The van der Waals surface area contributed by atoms with Crippen LogP contribution in [-0.2, 0) is 4.79 Å². The fourth-order valence-electron chi connectivity index (χ4n) is 2.45. The van der Waals surface area contributed by atoms with Crippen LogP contribution in [0, 0.1) is 17.3 Å². The van der Waals surface area contributed by atoms with Gasteiger partial charge in [0.15, 0.2) is 5.78 Å². The first kappa shape index (κ1) is 11.4. The van der Waals surface area contributed by atoms with E-state index in [-0.39, 0.29) is 23.7 Å². The van der Waals surface area contributed by atoms with Crippen LogP contribution in [0.2, 0.25) is 0 Å². The first-order chi connectivity index (χ1) is 6.54. The highest BCUT2D eigenvalue weighted by atomic mass is 16.3. The van der Waals surface area contributed by atoms with Gasteiger partial charge in [0.05, 0.1) is 0 Å². The first-order valence-corrected chi connectivity index (χ1v) is 5.32. The van der Waals surface area contributed by atoms with E-state index in [0.29, 0.717) is 5.92 Å². The van der Waals surface area contributed by atoms with Crippen LogP contribution >= 0.6 is 0 Å². The zero-order chi connectivity index (χ0) is 10.8. The maximum atomic E-state index is 11.7. The van der Waals surface area contributed by atoms with Gasteiger partial charge in [-0.3, -0.25) is 4.79 Å². The third-order valence-corrected chi connectivity index (χ3v) is 3.71. The van der Waals surface area contributed by atoms with Crippen LogP contribution in [0.3, 0.4) is 0 Å². The minimum Gasteiger partial charge on any atom is -0.396 e. The van der Waals surface area contributed by atoms with Gasteiger partial charge >= 0.3 is 0 Å². The quantitative estimate of drug-likeness (QED) is 0.702. The Morgan fingerprint density at radius 3 is 2.86 bits per heavy atom. The molecule has 3 atom stereocenters. The third-order valence-electron chi connectivity index (χ3n) is 3.71. The van der Waals surface area contributed by atoms with Crippen molar-refractivity contribution in [1.82, 2.24) is 0 Å². The van der Waals surface area contributed by atoms with Crippen LogP contribution in [0.15, 0.2) is 12.7 Å². The van der Waals surface area contributed by atoms with E-state index >= 15 is 0 Å². The van der Waals surface area contributed by atoms with Gasteiger partial charge in [-0.1, -0.05) is 20.4 Å². The zero-order valence-electron chi connectivity index (χ0n) is 9.12. The molecule has 0 aromatic rings. The average molecular weight is 196 g/mol. The molecule has 3 unspecified atom stereocenters. The molecule has 14 heavy (non-hydrogen) atoms. The Labute approximate surface area is 86.0 Å². The number of hydrogen-bond acceptors (Lipinski definition) is 2. The standard InChI is InChI=1S/C12H20O2/c1-4-11(14)12(3)6-5-9(2)7-10(12)8-13/h4,9-10,13H,1,5-8H2,2-3H3. The summed E-state index contributed by atoms with van der Waals surface area (Å²) in [6.45, 7) is 7.79. The van der Waals surface area contributed by atoms with Crippen LogP contribution in [0.4, 0.5) is 0 Å². The number of carbonyl (C=O) groups is 1. The number of aliphatic hydroxyl groups excluding tert-OH is 1. The number of hydrogen-bond donors (Lipinski definition) is 1. The molecule has 1 saturated carbocycles. The predicted molar refractivity (Wildman–Crippen MR) is 56.9 cm³/mol. The second-order valence-corrected chi connectivity index (χ2v) is 4.74. The molecule has 0 saturated heterocycles. The van der Waals surface area contributed by atoms with Crippen LogP contribution in [0.1, 0.15) is 33.1 Å². The predicted octanol–water partition coefficient (Wildman–Crippen LogP) is 2.18. The number of rotatable bonds is 3. The molecule has 0 radical (unpaired) electrons. The molecular weight excluding hydrogens is 176 g/mol. The lowest BCUT2D eigenvalue weighted by Crippen LogP contribution is -2.41. The van der Waals surface area contributed by atoms with E-state index in [1.165, 1.54) is 6.08 Å². The molecule has 0 aromatic heterocycles. The minimum absolute atomic E-state index is 0.0865. The van der Waals surface area contributed by atoms with Gasteiger partial charge in [-0.05, 0) is 37.2 Å². The molecule has 0 spiro atoms. The molecule has 0 bridgehead atoms. The van der Waals surface area contributed by atoms with Crippen molar-refractivity contribution in [3.05, 3.63) is 12.7 Å². The Hall–Kier alpha value is -0.630. The average Bonchev–Trinajstić information content (AvgIpc) is 2.20. The summed E-state index contributed by atoms with van der Waals surface area (Å²) < 4.78 is 0. The Morgan fingerprint density at radius 1 is 1.71 bits per heavy atom. The van der Waals surface area contributed by atoms with Crippen molar-refractivity contribution in [3.63, 3.8) is 0 Å². The Bertz CT molecular complexity index is 234. The van der Waals surface area contributed by atoms with Crippen molar-refractivity contribution in [2.24, 2.45) is 17.3 Å². The molecular formula is C12H20O2. The molecule has 0 amide bonds. The summed E-state index contributed by atoms with van der Waals surface area (Å²) in [5.41, 5.74) is -0.372. The molecule has 0 aromatic carbocycles. The summed E-state index contributed by atoms with van der Waals surface area (Å²) in [5, 5.41) is 9.30. The molecule has 80 valence electrons. The third kappa shape index (κ3) is 1.90. The summed E-state index contributed by atoms with van der Waals surface area (Å²) in [6.07, 6.45) is 4.31. The number of allylic oxidation sites excluding steroid dienone is 1. The van der Waals surface area contributed by atoms with E-state index in [1.54, 1.807) is 0 Å². The summed E-state index contributed by atoms with van der Waals surface area (Å²) in [5.74, 6) is 0.818. The van der Waals surface area contributed by atoms with Gasteiger partial charge in [0.25, 0.3) is 0 Å². The zero-order valence-corrected chi connectivity index (χ0v) is 9.12. The van der Waals surface area contributed by atoms with Crippen molar-refractivity contribution in [3.8, 4) is 0 Å². The van der Waals surface area contributed by atoms with E-state index in [9.17, 15) is 9.90 Å². The second kappa shape index (κ2) is 4.26. The topological polar surface area (TPSA) is 37.3 Å². The van der Waals surface area contributed by atoms with E-state index < -0.39 is 0 Å². The van der Waals surface area contributed by atoms with E-state index in [4.69, 9.17) is 0 Å². The van der Waals surface area contributed by atoms with Crippen LogP contribution in [0.25, 0.3) is 0 Å². The van der Waals surface area contributed by atoms with Gasteiger partial charge in [0.2, 0.25) is 0 Å². The Balaban J connectivity index is 2.84. The van der Waals surface area contributed by atoms with Crippen molar-refractivity contribution >= 4 is 5.78 Å². The van der Waals surface area contributed by atoms with Gasteiger partial charge in [0, 0.05) is 12.0 Å². The molecule has 1 fully saturated rings. The summed E-state index contributed by atoms with van der Waals surface area (Å²) in [7, 11) is 0. The minimum atomic E-state index is -0.372. The monoisotopic (exact) mass is 196 g/mol. The van der Waals surface area contributed by atoms with Crippen molar-refractivity contribution in [1.29, 1.82) is 0 Å². The van der Waals surface area contributed by atoms with Gasteiger partial charge in [-0.15, -0.1) is 0 Å². The molecule has 1 aliphatic rings. The fourth-order valence-corrected chi connectivity index (χ4v) is 2.45. The summed E-state index contributed by atoms with van der Waals surface area (Å²) in [4.78, 5) is 11.7. The largest absolute Gasteiger partial charge is 0.396 e. The normalized spacial score (nSPS) is 37.9. The molecule has 1 N–H and O–H groups in total. The Kier molecular flexibility index (Phi) is 3.48. The van der Waals surface area contributed by atoms with Crippen molar-refractivity contribution < 1.29 is 9.90 Å². The van der Waals surface area contributed by atoms with Crippen LogP contribution in [-0.4, -0.2) is 17.5 Å². The van der Waals surface area contributed by atoms with Gasteiger partial charge in [0.1, 0.15) is 0 Å². The second-order valence-electron chi connectivity index (χ2n) is 4.74. The molecule has 1 aliphatic carbocycles. The smallest absolute Gasteiger partial charge is 0.161 e. The fraction of sp³-hybridized carbons (Fsp3) is 0.750. The van der Waals surface area contributed by atoms with Gasteiger partial charge in [-0.25, -0.2) is 0 Å². The lowest BCUT2D eigenvalue weighted by molar-refractivity contribution is -0.130. The molecule has 0 aliphatic heterocycles. The van der Waals surface area contributed by atoms with Gasteiger partial charge in [-0.2, -0.15) is 0 Å². The molecule has 0 heterocycles. The summed E-state index contributed by atoms with van der Waals surface area (Å²) in [6, 6.07) is 0. The SMILES string of the molecule is C=CC(=O)C1(C)CCC(C)CC1CO. The van der Waals surface area contributed by atoms with E-state index in [2.05, 4.69) is 13.5 Å². The molecule has 1 rings (SSSR count). The lowest BCUT2D eigenvalue weighted by Gasteiger charge is -2.41. The summed E-state index contributed by atoms with van der Waals surface area (Å²) >= 11 is 0. The highest BCUT2D eigenvalue weighted by Gasteiger charge is 2.42. The van der Waals surface area contributed by atoms with E-state index in [1.807, 2.05) is 6.92 Å². The van der Waals surface area contributed by atoms with Crippen molar-refractivity contribution in [2.75, 3.05) is 6.61 Å². The van der Waals surface area contributed by atoms with Crippen LogP contribution in [0.5, 0.6) is 0 Å². The number of ketones is 1. The maximum absolute atomic E-state index is 11.7. The Morgan fingerprint density at radius 2 is 2.36 bits per heavy atom. The van der Waals surface area contributed by atoms with Crippen molar-refractivity contribution in [2.45, 2.75) is 33.1 Å². The molecule has 2 heteroatoms. The number of carbonyl (C=O) groups excluding carboxylic acids is 1. The molecule has 2 nitrogen and oxygen atoms in total. The highest BCUT2D eigenvalue weighted by molar-refractivity contribution is 5.94. The van der Waals surface area contributed by atoms with Crippen LogP contribution < -0.4 is 0 Å². The van der Waals surface area contributed by atoms with Gasteiger partial charge < -0.3 is 5.11 Å². The first-order valence-electron chi connectivity index (χ1n) is 5.32. The lowest BCUT2D eigenvalue weighted by atomic mass is 9.63. The number of aliphatic hydroxyl groups is 1. The van der Waals surface area contributed by atoms with E-state index in [0.717, 1.165) is 19.3 Å². The maximum Gasteiger partial charge on any atom is 0.161 e. The highest BCUT2D eigenvalue weighted by Crippen LogP contribution is 2.43.